The Balaban J connectivity index is 1.50. The predicted molar refractivity (Wildman–Crippen MR) is 100 cm³/mol. The van der Waals surface area contributed by atoms with Crippen molar-refractivity contribution < 1.29 is 14.3 Å². The number of fused-ring (bicyclic) bond motifs is 1. The number of nitrogens with one attached hydrogen (secondary N) is 1. The topological polar surface area (TPSA) is 124 Å². The molecule has 3 N–H and O–H groups in total. The molecule has 0 atom stereocenters. The molecule has 0 fully saturated rings. The molecule has 0 saturated carbocycles. The van der Waals surface area contributed by atoms with E-state index in [0.29, 0.717) is 18.7 Å². The van der Waals surface area contributed by atoms with E-state index in [1.54, 1.807) is 15.9 Å². The number of hydrogen-bond acceptors (Lipinski definition) is 8. The Morgan fingerprint density at radius 1 is 1.33 bits per heavy atom. The molecule has 0 aliphatic carbocycles. The third-order valence-electron chi connectivity index (χ3n) is 4.05. The number of nitrogen functional groups attached to an aromatic ring is 1. The molecule has 0 radical (unpaired) electrons. The quantitative estimate of drug-likeness (QED) is 0.582. The van der Waals surface area contributed by atoms with E-state index >= 15 is 0 Å². The van der Waals surface area contributed by atoms with Gasteiger partial charge in [0, 0.05) is 22.7 Å². The lowest BCUT2D eigenvalue weighted by molar-refractivity contribution is -0.148. The lowest BCUT2D eigenvalue weighted by Crippen LogP contribution is -2.28. The molecular weight excluding hydrogens is 368 g/mol. The molecule has 3 aromatic heterocycles. The fourth-order valence-corrected chi connectivity index (χ4v) is 3.33. The van der Waals surface area contributed by atoms with E-state index in [2.05, 4.69) is 20.4 Å². The third kappa shape index (κ3) is 4.59. The summed E-state index contributed by atoms with van der Waals surface area (Å²) in [6.45, 7) is 3.85. The van der Waals surface area contributed by atoms with Crippen molar-refractivity contribution in [2.45, 2.75) is 33.2 Å². The number of esters is 1. The number of carbonyl (C=O) groups excluding carboxylic acids is 2. The van der Waals surface area contributed by atoms with Crippen LogP contribution < -0.4 is 11.1 Å². The van der Waals surface area contributed by atoms with Gasteiger partial charge in [-0.25, -0.2) is 4.98 Å². The highest BCUT2D eigenvalue weighted by Crippen LogP contribution is 2.16. The number of ether oxygens (including phenoxy) is 1. The van der Waals surface area contributed by atoms with E-state index in [9.17, 15) is 9.59 Å². The number of amides is 1. The lowest BCUT2D eigenvalue weighted by Gasteiger charge is -2.10. The van der Waals surface area contributed by atoms with Gasteiger partial charge in [-0.15, -0.1) is 16.4 Å². The number of nitrogens with two attached hydrogens (primary N) is 1. The molecule has 0 unspecified atom stereocenters. The van der Waals surface area contributed by atoms with Crippen LogP contribution in [0.15, 0.2) is 17.5 Å². The van der Waals surface area contributed by atoms with E-state index in [-0.39, 0.29) is 24.9 Å². The van der Waals surface area contributed by atoms with E-state index < -0.39 is 5.97 Å². The molecule has 3 heterocycles. The highest BCUT2D eigenvalue weighted by Gasteiger charge is 2.15. The molecule has 0 bridgehead atoms. The van der Waals surface area contributed by atoms with E-state index in [4.69, 9.17) is 10.5 Å². The van der Waals surface area contributed by atoms with Gasteiger partial charge in [-0.05, 0) is 37.3 Å². The highest BCUT2D eigenvalue weighted by molar-refractivity contribution is 7.09. The number of carbonyl (C=O) groups is 2. The number of thiophene rings is 1. The molecule has 10 heteroatoms. The van der Waals surface area contributed by atoms with Gasteiger partial charge in [0.15, 0.2) is 6.61 Å². The van der Waals surface area contributed by atoms with Crippen molar-refractivity contribution in [1.29, 1.82) is 0 Å². The number of rotatable bonds is 7. The minimum absolute atomic E-state index is 0.136. The second-order valence-electron chi connectivity index (χ2n) is 5.96. The molecule has 0 aromatic carbocycles. The SMILES string of the molecule is Cc1nc2nc(N)nn2c(C)c1CCC(=O)OCC(=O)NCc1cccs1. The fourth-order valence-electron chi connectivity index (χ4n) is 2.68. The van der Waals surface area contributed by atoms with Gasteiger partial charge in [-0.2, -0.15) is 9.50 Å². The van der Waals surface area contributed by atoms with Crippen LogP contribution in [0.25, 0.3) is 5.78 Å². The van der Waals surface area contributed by atoms with E-state index in [1.807, 2.05) is 31.4 Å². The molecule has 142 valence electrons. The Hall–Kier alpha value is -3.01. The Morgan fingerprint density at radius 2 is 2.15 bits per heavy atom. The first-order valence-corrected chi connectivity index (χ1v) is 9.25. The zero-order valence-electron chi connectivity index (χ0n) is 15.1. The van der Waals surface area contributed by atoms with Crippen LogP contribution in [-0.2, 0) is 27.3 Å². The van der Waals surface area contributed by atoms with Crippen molar-refractivity contribution in [2.24, 2.45) is 0 Å². The summed E-state index contributed by atoms with van der Waals surface area (Å²) in [5.74, 6) is -0.199. The van der Waals surface area contributed by atoms with E-state index in [1.165, 1.54) is 0 Å². The number of aryl methyl sites for hydroxylation is 2. The summed E-state index contributed by atoms with van der Waals surface area (Å²) in [6.07, 6.45) is 0.563. The summed E-state index contributed by atoms with van der Waals surface area (Å²) < 4.78 is 6.60. The maximum absolute atomic E-state index is 12.0. The van der Waals surface area contributed by atoms with Crippen LogP contribution in [0.4, 0.5) is 5.95 Å². The maximum Gasteiger partial charge on any atom is 0.306 e. The van der Waals surface area contributed by atoms with Gasteiger partial charge in [-0.1, -0.05) is 6.07 Å². The predicted octanol–water partition coefficient (Wildman–Crippen LogP) is 1.18. The average molecular weight is 388 g/mol. The second kappa shape index (κ2) is 8.12. The van der Waals surface area contributed by atoms with Crippen LogP contribution in [0, 0.1) is 13.8 Å². The third-order valence-corrected chi connectivity index (χ3v) is 4.92. The molecular formula is C17H20N6O3S. The summed E-state index contributed by atoms with van der Waals surface area (Å²) >= 11 is 1.55. The zero-order valence-corrected chi connectivity index (χ0v) is 15.9. The monoisotopic (exact) mass is 388 g/mol. The summed E-state index contributed by atoms with van der Waals surface area (Å²) in [4.78, 5) is 33.1. The first kappa shape index (κ1) is 18.8. The Kier molecular flexibility index (Phi) is 5.65. The van der Waals surface area contributed by atoms with Crippen LogP contribution in [0.2, 0.25) is 0 Å². The van der Waals surface area contributed by atoms with Crippen LogP contribution in [0.1, 0.15) is 28.2 Å². The Morgan fingerprint density at radius 3 is 2.89 bits per heavy atom. The minimum atomic E-state index is -0.446. The molecule has 0 aliphatic heterocycles. The van der Waals surface area contributed by atoms with Crippen LogP contribution in [0.3, 0.4) is 0 Å². The van der Waals surface area contributed by atoms with Crippen molar-refractivity contribution >= 4 is 34.9 Å². The van der Waals surface area contributed by atoms with Crippen molar-refractivity contribution in [1.82, 2.24) is 24.9 Å². The molecule has 1 amide bonds. The van der Waals surface area contributed by atoms with Crippen molar-refractivity contribution in [2.75, 3.05) is 12.3 Å². The number of nitrogens with zero attached hydrogens (tertiary/aromatic N) is 4. The fraction of sp³-hybridized carbons (Fsp3) is 0.353. The van der Waals surface area contributed by atoms with Crippen molar-refractivity contribution in [3.8, 4) is 0 Å². The van der Waals surface area contributed by atoms with Gasteiger partial charge in [0.1, 0.15) is 0 Å². The lowest BCUT2D eigenvalue weighted by atomic mass is 10.1. The normalized spacial score (nSPS) is 10.9. The smallest absolute Gasteiger partial charge is 0.306 e. The summed E-state index contributed by atoms with van der Waals surface area (Å²) in [5, 5.41) is 8.74. The Labute approximate surface area is 159 Å². The van der Waals surface area contributed by atoms with Gasteiger partial charge in [0.05, 0.1) is 6.54 Å². The largest absolute Gasteiger partial charge is 0.456 e. The standard InChI is InChI=1S/C17H20N6O3S/c1-10-13(11(2)23-17(20-10)21-16(18)22-23)5-6-15(25)26-9-14(24)19-8-12-4-3-7-27-12/h3-4,7H,5-6,8-9H2,1-2H3,(H2,18,22)(H,19,24). The molecule has 9 nitrogen and oxygen atoms in total. The average Bonchev–Trinajstić information content (AvgIpc) is 3.27. The first-order chi connectivity index (χ1) is 12.9. The molecule has 27 heavy (non-hydrogen) atoms. The van der Waals surface area contributed by atoms with Gasteiger partial charge in [-0.3, -0.25) is 9.59 Å². The number of aromatic nitrogens is 4. The molecule has 3 aromatic rings. The molecule has 0 aliphatic rings. The molecule has 3 rings (SSSR count). The zero-order chi connectivity index (χ0) is 19.4. The first-order valence-electron chi connectivity index (χ1n) is 8.37. The minimum Gasteiger partial charge on any atom is -0.456 e. The highest BCUT2D eigenvalue weighted by atomic mass is 32.1. The van der Waals surface area contributed by atoms with Crippen molar-refractivity contribution in [3.63, 3.8) is 0 Å². The van der Waals surface area contributed by atoms with Crippen LogP contribution in [0.5, 0.6) is 0 Å². The van der Waals surface area contributed by atoms with Crippen molar-refractivity contribution in [3.05, 3.63) is 39.3 Å². The van der Waals surface area contributed by atoms with E-state index in [0.717, 1.165) is 21.8 Å². The second-order valence-corrected chi connectivity index (χ2v) is 6.99. The Bertz CT molecular complexity index is 967. The van der Waals surface area contributed by atoms with Crippen LogP contribution >= 0.6 is 11.3 Å². The van der Waals surface area contributed by atoms with Crippen LogP contribution in [-0.4, -0.2) is 38.1 Å². The molecule has 0 saturated heterocycles. The van der Waals surface area contributed by atoms with Gasteiger partial charge in [0.25, 0.3) is 11.7 Å². The van der Waals surface area contributed by atoms with Gasteiger partial charge < -0.3 is 15.8 Å². The number of hydrogen-bond donors (Lipinski definition) is 2. The number of anilines is 1. The van der Waals surface area contributed by atoms with Gasteiger partial charge in [0.2, 0.25) is 5.95 Å². The summed E-state index contributed by atoms with van der Waals surface area (Å²) in [6, 6.07) is 3.84. The van der Waals surface area contributed by atoms with Gasteiger partial charge >= 0.3 is 5.97 Å². The maximum atomic E-state index is 12.0. The molecule has 0 spiro atoms. The summed E-state index contributed by atoms with van der Waals surface area (Å²) in [7, 11) is 0. The summed E-state index contributed by atoms with van der Waals surface area (Å²) in [5.41, 5.74) is 8.07.